The van der Waals surface area contributed by atoms with Crippen LogP contribution in [0.15, 0.2) is 23.1 Å². The molecule has 20 heavy (non-hydrogen) atoms. The summed E-state index contributed by atoms with van der Waals surface area (Å²) in [4.78, 5) is 12.5. The Morgan fingerprint density at radius 1 is 1.50 bits per heavy atom. The Kier molecular flexibility index (Phi) is 3.96. The quantitative estimate of drug-likeness (QED) is 0.895. The zero-order valence-electron chi connectivity index (χ0n) is 11.1. The van der Waals surface area contributed by atoms with Gasteiger partial charge < -0.3 is 9.64 Å². The van der Waals surface area contributed by atoms with Gasteiger partial charge in [-0.2, -0.15) is 0 Å². The summed E-state index contributed by atoms with van der Waals surface area (Å²) >= 11 is 0. The van der Waals surface area contributed by atoms with Gasteiger partial charge in [0.15, 0.2) is 0 Å². The molecule has 0 aliphatic carbocycles. The number of cyclic esters (lactones) is 1. The third kappa shape index (κ3) is 3.07. The standard InChI is InChI=1S/C12H15FN2O4S/c1-8-5-9(13)3-4-11(8)20(17,18)14-6-10-7-15(2)12(16)19-10/h3-5,10,14H,6-7H2,1-2H3. The van der Waals surface area contributed by atoms with Crippen molar-refractivity contribution in [2.45, 2.75) is 17.9 Å². The van der Waals surface area contributed by atoms with E-state index in [9.17, 15) is 17.6 Å². The highest BCUT2D eigenvalue weighted by atomic mass is 32.2. The van der Waals surface area contributed by atoms with E-state index < -0.39 is 28.0 Å². The van der Waals surface area contributed by atoms with E-state index in [0.29, 0.717) is 12.1 Å². The average Bonchev–Trinajstić information content (AvgIpc) is 2.66. The van der Waals surface area contributed by atoms with Gasteiger partial charge >= 0.3 is 6.09 Å². The SMILES string of the molecule is Cc1cc(F)ccc1S(=O)(=O)NCC1CN(C)C(=O)O1. The molecule has 0 bridgehead atoms. The largest absolute Gasteiger partial charge is 0.443 e. The molecule has 0 saturated carbocycles. The summed E-state index contributed by atoms with van der Waals surface area (Å²) in [6.45, 7) is 1.82. The fraction of sp³-hybridized carbons (Fsp3) is 0.417. The molecular formula is C12H15FN2O4S. The van der Waals surface area contributed by atoms with Crippen molar-refractivity contribution in [2.24, 2.45) is 0 Å². The first-order chi connectivity index (χ1) is 9.29. The van der Waals surface area contributed by atoms with Crippen LogP contribution in [0.2, 0.25) is 0 Å². The highest BCUT2D eigenvalue weighted by molar-refractivity contribution is 7.89. The molecule has 1 amide bonds. The molecule has 1 N–H and O–H groups in total. The van der Waals surface area contributed by atoms with Crippen LogP contribution < -0.4 is 4.72 Å². The highest BCUT2D eigenvalue weighted by Crippen LogP contribution is 2.16. The van der Waals surface area contributed by atoms with Gasteiger partial charge in [-0.15, -0.1) is 0 Å². The number of hydrogen-bond acceptors (Lipinski definition) is 4. The lowest BCUT2D eigenvalue weighted by Gasteiger charge is -2.12. The maximum Gasteiger partial charge on any atom is 0.410 e. The Morgan fingerprint density at radius 2 is 2.20 bits per heavy atom. The van der Waals surface area contributed by atoms with Crippen LogP contribution in [0.5, 0.6) is 0 Å². The van der Waals surface area contributed by atoms with Crippen LogP contribution >= 0.6 is 0 Å². The monoisotopic (exact) mass is 302 g/mol. The van der Waals surface area contributed by atoms with Gasteiger partial charge in [0, 0.05) is 13.6 Å². The van der Waals surface area contributed by atoms with Crippen LogP contribution in [-0.2, 0) is 14.8 Å². The number of likely N-dealkylation sites (N-methyl/N-ethyl adjacent to an activating group) is 1. The molecule has 2 rings (SSSR count). The van der Waals surface area contributed by atoms with Crippen molar-refractivity contribution in [2.75, 3.05) is 20.1 Å². The summed E-state index contributed by atoms with van der Waals surface area (Å²) in [5, 5.41) is 0. The lowest BCUT2D eigenvalue weighted by molar-refractivity contribution is 0.135. The lowest BCUT2D eigenvalue weighted by atomic mass is 10.2. The summed E-state index contributed by atoms with van der Waals surface area (Å²) in [5.74, 6) is -0.493. The second kappa shape index (κ2) is 5.37. The minimum atomic E-state index is -3.76. The zero-order valence-corrected chi connectivity index (χ0v) is 11.9. The molecule has 8 heteroatoms. The number of carbonyl (C=O) groups excluding carboxylic acids is 1. The number of nitrogens with zero attached hydrogens (tertiary/aromatic N) is 1. The Hall–Kier alpha value is -1.67. The van der Waals surface area contributed by atoms with E-state index >= 15 is 0 Å². The smallest absolute Gasteiger partial charge is 0.410 e. The Labute approximate surface area is 116 Å². The van der Waals surface area contributed by atoms with Gasteiger partial charge in [0.2, 0.25) is 10.0 Å². The molecule has 0 aromatic heterocycles. The number of benzene rings is 1. The second-order valence-corrected chi connectivity index (χ2v) is 6.38. The highest BCUT2D eigenvalue weighted by Gasteiger charge is 2.29. The predicted octanol–water partition coefficient (Wildman–Crippen LogP) is 0.863. The van der Waals surface area contributed by atoms with E-state index in [0.717, 1.165) is 12.1 Å². The minimum absolute atomic E-state index is 0.0107. The van der Waals surface area contributed by atoms with Crippen molar-refractivity contribution < 1.29 is 22.3 Å². The number of hydrogen-bond donors (Lipinski definition) is 1. The molecule has 1 fully saturated rings. The summed E-state index contributed by atoms with van der Waals surface area (Å²) < 4.78 is 44.5. The Bertz CT molecular complexity index is 632. The molecule has 1 unspecified atom stereocenters. The number of rotatable bonds is 4. The second-order valence-electron chi connectivity index (χ2n) is 4.65. The molecule has 1 saturated heterocycles. The van der Waals surface area contributed by atoms with E-state index in [1.807, 2.05) is 0 Å². The summed E-state index contributed by atoms with van der Waals surface area (Å²) in [6.07, 6.45) is -1.00. The number of sulfonamides is 1. The molecule has 1 aliphatic heterocycles. The lowest BCUT2D eigenvalue weighted by Crippen LogP contribution is -2.34. The molecule has 1 aliphatic rings. The van der Waals surface area contributed by atoms with Gasteiger partial charge in [-0.3, -0.25) is 0 Å². The van der Waals surface area contributed by atoms with Gasteiger partial charge in [-0.05, 0) is 30.7 Å². The summed E-state index contributed by atoms with van der Waals surface area (Å²) in [7, 11) is -2.19. The van der Waals surface area contributed by atoms with Gasteiger partial charge in [-0.1, -0.05) is 0 Å². The van der Waals surface area contributed by atoms with Gasteiger partial charge in [0.1, 0.15) is 11.9 Å². The van der Waals surface area contributed by atoms with Gasteiger partial charge in [0.25, 0.3) is 0 Å². The molecular weight excluding hydrogens is 287 g/mol. The first kappa shape index (κ1) is 14.7. The number of carbonyl (C=O) groups is 1. The molecule has 1 aromatic rings. The molecule has 110 valence electrons. The molecule has 6 nitrogen and oxygen atoms in total. The normalized spacial score (nSPS) is 19.2. The van der Waals surface area contributed by atoms with E-state index in [4.69, 9.17) is 4.74 Å². The van der Waals surface area contributed by atoms with Crippen molar-refractivity contribution in [3.63, 3.8) is 0 Å². The fourth-order valence-corrected chi connectivity index (χ4v) is 3.24. The number of amides is 1. The first-order valence-corrected chi connectivity index (χ1v) is 7.45. The van der Waals surface area contributed by atoms with Crippen molar-refractivity contribution >= 4 is 16.1 Å². The van der Waals surface area contributed by atoms with Crippen LogP contribution in [0.1, 0.15) is 5.56 Å². The van der Waals surface area contributed by atoms with Crippen LogP contribution in [0, 0.1) is 12.7 Å². The Morgan fingerprint density at radius 3 is 2.75 bits per heavy atom. The average molecular weight is 302 g/mol. The zero-order chi connectivity index (χ0) is 14.9. The molecule has 1 atom stereocenters. The van der Waals surface area contributed by atoms with Crippen molar-refractivity contribution in [1.29, 1.82) is 0 Å². The van der Waals surface area contributed by atoms with E-state index in [1.165, 1.54) is 17.9 Å². The molecule has 1 aromatic carbocycles. The van der Waals surface area contributed by atoms with Crippen LogP contribution in [0.4, 0.5) is 9.18 Å². The predicted molar refractivity (Wildman–Crippen MR) is 69.2 cm³/mol. The first-order valence-electron chi connectivity index (χ1n) is 5.97. The van der Waals surface area contributed by atoms with E-state index in [-0.39, 0.29) is 11.4 Å². The van der Waals surface area contributed by atoms with Crippen LogP contribution in [-0.4, -0.2) is 45.7 Å². The molecule has 0 radical (unpaired) electrons. The minimum Gasteiger partial charge on any atom is -0.443 e. The molecule has 1 heterocycles. The third-order valence-corrected chi connectivity index (χ3v) is 4.57. The fourth-order valence-electron chi connectivity index (χ4n) is 1.95. The van der Waals surface area contributed by atoms with Crippen LogP contribution in [0.3, 0.4) is 0 Å². The number of ether oxygens (including phenoxy) is 1. The number of halogens is 1. The van der Waals surface area contributed by atoms with Gasteiger partial charge in [0.05, 0.1) is 11.4 Å². The van der Waals surface area contributed by atoms with Crippen molar-refractivity contribution in [3.8, 4) is 0 Å². The van der Waals surface area contributed by atoms with Crippen LogP contribution in [0.25, 0.3) is 0 Å². The third-order valence-electron chi connectivity index (χ3n) is 2.98. The van der Waals surface area contributed by atoms with E-state index in [2.05, 4.69) is 4.72 Å². The van der Waals surface area contributed by atoms with Gasteiger partial charge in [-0.25, -0.2) is 22.3 Å². The number of aryl methyl sites for hydroxylation is 1. The number of nitrogens with one attached hydrogen (secondary N) is 1. The maximum absolute atomic E-state index is 13.0. The topological polar surface area (TPSA) is 75.7 Å². The maximum atomic E-state index is 13.0. The molecule has 0 spiro atoms. The Balaban J connectivity index is 2.06. The van der Waals surface area contributed by atoms with Crippen molar-refractivity contribution in [3.05, 3.63) is 29.6 Å². The van der Waals surface area contributed by atoms with E-state index in [1.54, 1.807) is 7.05 Å². The summed E-state index contributed by atoms with van der Waals surface area (Å²) in [6, 6.07) is 3.45. The van der Waals surface area contributed by atoms with Crippen molar-refractivity contribution in [1.82, 2.24) is 9.62 Å². The summed E-state index contributed by atoms with van der Waals surface area (Å²) in [5.41, 5.74) is 0.318.